The van der Waals surface area contributed by atoms with Gasteiger partial charge < -0.3 is 10.7 Å². The molecule has 0 saturated heterocycles. The topological polar surface area (TPSA) is 91.5 Å². The molecule has 1 aliphatic heterocycles. The van der Waals surface area contributed by atoms with Gasteiger partial charge in [0.25, 0.3) is 0 Å². The monoisotopic (exact) mass is 205 g/mol. The van der Waals surface area contributed by atoms with Gasteiger partial charge in [-0.15, -0.1) is 0 Å². The molecule has 0 fully saturated rings. The summed E-state index contributed by atoms with van der Waals surface area (Å²) in [7, 11) is 0. The van der Waals surface area contributed by atoms with Crippen LogP contribution in [0, 0.1) is 0 Å². The standard InChI is InChI=1S/C9H11N5O/c10-12-7-3-1-6(2-4-7)8-5-11-9(15)14-13-8/h1-4,12H,5,10H2,(H2,11,14,15). The first kappa shape index (κ1) is 9.47. The van der Waals surface area contributed by atoms with Crippen LogP contribution in [-0.4, -0.2) is 18.3 Å². The maximum atomic E-state index is 10.8. The van der Waals surface area contributed by atoms with E-state index in [1.807, 2.05) is 24.3 Å². The van der Waals surface area contributed by atoms with Crippen molar-refractivity contribution in [2.24, 2.45) is 10.9 Å². The van der Waals surface area contributed by atoms with E-state index in [-0.39, 0.29) is 6.03 Å². The minimum absolute atomic E-state index is 0.279. The van der Waals surface area contributed by atoms with Crippen molar-refractivity contribution in [3.8, 4) is 0 Å². The van der Waals surface area contributed by atoms with E-state index in [4.69, 9.17) is 5.84 Å². The third-order valence-electron chi connectivity index (χ3n) is 2.09. The third-order valence-corrected chi connectivity index (χ3v) is 2.09. The highest BCUT2D eigenvalue weighted by molar-refractivity contribution is 6.05. The average Bonchev–Trinajstić information content (AvgIpc) is 2.30. The molecule has 0 spiro atoms. The van der Waals surface area contributed by atoms with E-state index in [1.54, 1.807) is 0 Å². The summed E-state index contributed by atoms with van der Waals surface area (Å²) < 4.78 is 0. The number of hydrogen-bond donors (Lipinski definition) is 4. The van der Waals surface area contributed by atoms with Crippen LogP contribution in [-0.2, 0) is 0 Å². The van der Waals surface area contributed by atoms with Crippen molar-refractivity contribution in [2.75, 3.05) is 12.0 Å². The Morgan fingerprint density at radius 1 is 1.33 bits per heavy atom. The van der Waals surface area contributed by atoms with Crippen molar-refractivity contribution in [3.63, 3.8) is 0 Å². The highest BCUT2D eigenvalue weighted by Crippen LogP contribution is 2.09. The summed E-state index contributed by atoms with van der Waals surface area (Å²) in [5.74, 6) is 5.25. The van der Waals surface area contributed by atoms with Crippen LogP contribution in [0.2, 0.25) is 0 Å². The predicted molar refractivity (Wildman–Crippen MR) is 57.3 cm³/mol. The number of carbonyl (C=O) groups excluding carboxylic acids is 1. The van der Waals surface area contributed by atoms with Gasteiger partial charge >= 0.3 is 6.03 Å². The second-order valence-electron chi connectivity index (χ2n) is 3.07. The highest BCUT2D eigenvalue weighted by Gasteiger charge is 2.11. The maximum Gasteiger partial charge on any atom is 0.335 e. The number of amides is 2. The molecule has 0 atom stereocenters. The lowest BCUT2D eigenvalue weighted by molar-refractivity contribution is 0.241. The normalized spacial score (nSPS) is 15.0. The summed E-state index contributed by atoms with van der Waals surface area (Å²) in [5, 5.41) is 6.58. The number of benzene rings is 1. The van der Waals surface area contributed by atoms with Gasteiger partial charge in [0.15, 0.2) is 0 Å². The summed E-state index contributed by atoms with van der Waals surface area (Å²) in [6, 6.07) is 7.17. The van der Waals surface area contributed by atoms with E-state index < -0.39 is 0 Å². The average molecular weight is 205 g/mol. The van der Waals surface area contributed by atoms with Gasteiger partial charge in [0.2, 0.25) is 0 Å². The van der Waals surface area contributed by atoms with Crippen molar-refractivity contribution in [1.29, 1.82) is 0 Å². The van der Waals surface area contributed by atoms with Crippen LogP contribution < -0.4 is 22.0 Å². The maximum absolute atomic E-state index is 10.8. The Morgan fingerprint density at radius 2 is 2.07 bits per heavy atom. The smallest absolute Gasteiger partial charge is 0.331 e. The highest BCUT2D eigenvalue weighted by atomic mass is 16.2. The number of nitrogens with one attached hydrogen (secondary N) is 3. The first-order valence-corrected chi connectivity index (χ1v) is 4.47. The molecule has 0 aliphatic carbocycles. The van der Waals surface area contributed by atoms with Crippen LogP contribution in [0.5, 0.6) is 0 Å². The molecular weight excluding hydrogens is 194 g/mol. The van der Waals surface area contributed by atoms with Crippen LogP contribution in [0.4, 0.5) is 10.5 Å². The molecule has 0 unspecified atom stereocenters. The molecular formula is C9H11N5O. The quantitative estimate of drug-likeness (QED) is 0.404. The summed E-state index contributed by atoms with van der Waals surface area (Å²) in [6.45, 7) is 0.432. The first-order chi connectivity index (χ1) is 7.29. The van der Waals surface area contributed by atoms with E-state index in [0.29, 0.717) is 6.54 Å². The molecule has 1 aliphatic rings. The zero-order chi connectivity index (χ0) is 10.7. The lowest BCUT2D eigenvalue weighted by Crippen LogP contribution is -2.42. The fraction of sp³-hybridized carbons (Fsp3) is 0.111. The molecule has 78 valence electrons. The molecule has 0 aromatic heterocycles. The second kappa shape index (κ2) is 3.97. The molecule has 0 bridgehead atoms. The number of carbonyl (C=O) groups is 1. The Bertz CT molecular complexity index is 397. The number of hydrazine groups is 1. The molecule has 1 aromatic carbocycles. The van der Waals surface area contributed by atoms with E-state index in [0.717, 1.165) is 17.0 Å². The van der Waals surface area contributed by atoms with E-state index in [1.165, 1.54) is 0 Å². The van der Waals surface area contributed by atoms with Gasteiger partial charge in [-0.05, 0) is 17.7 Å². The lowest BCUT2D eigenvalue weighted by atomic mass is 10.1. The SMILES string of the molecule is NNc1ccc(C2=NNC(=O)NC2)cc1. The Morgan fingerprint density at radius 3 is 2.60 bits per heavy atom. The summed E-state index contributed by atoms with van der Waals surface area (Å²) in [5.41, 5.74) is 7.46. The fourth-order valence-corrected chi connectivity index (χ4v) is 1.29. The second-order valence-corrected chi connectivity index (χ2v) is 3.07. The Kier molecular flexibility index (Phi) is 2.51. The lowest BCUT2D eigenvalue weighted by Gasteiger charge is -2.14. The van der Waals surface area contributed by atoms with E-state index in [2.05, 4.69) is 21.3 Å². The molecule has 6 heteroatoms. The van der Waals surface area contributed by atoms with Crippen LogP contribution in [0.15, 0.2) is 29.4 Å². The largest absolute Gasteiger partial charge is 0.335 e. The molecule has 2 amide bonds. The zero-order valence-corrected chi connectivity index (χ0v) is 7.95. The van der Waals surface area contributed by atoms with Crippen molar-refractivity contribution >= 4 is 17.4 Å². The Balaban J connectivity index is 2.19. The number of hydrazone groups is 1. The molecule has 1 aromatic rings. The van der Waals surface area contributed by atoms with Gasteiger partial charge in [-0.3, -0.25) is 5.84 Å². The Labute approximate surface area is 86.5 Å². The molecule has 2 rings (SSSR count). The van der Waals surface area contributed by atoms with Gasteiger partial charge in [-0.1, -0.05) is 12.1 Å². The van der Waals surface area contributed by atoms with Crippen molar-refractivity contribution in [1.82, 2.24) is 10.7 Å². The molecule has 0 saturated carbocycles. The number of nitrogens with zero attached hydrogens (tertiary/aromatic N) is 1. The molecule has 6 nitrogen and oxygen atoms in total. The van der Waals surface area contributed by atoms with Crippen molar-refractivity contribution in [3.05, 3.63) is 29.8 Å². The fourth-order valence-electron chi connectivity index (χ4n) is 1.29. The predicted octanol–water partition coefficient (Wildman–Crippen LogP) is -0.0109. The number of hydrogen-bond acceptors (Lipinski definition) is 4. The number of rotatable bonds is 2. The van der Waals surface area contributed by atoms with E-state index >= 15 is 0 Å². The Hall–Kier alpha value is -2.08. The van der Waals surface area contributed by atoms with Crippen LogP contribution in [0.25, 0.3) is 0 Å². The number of nitrogens with two attached hydrogens (primary N) is 1. The minimum atomic E-state index is -0.279. The number of urea groups is 1. The minimum Gasteiger partial charge on any atom is -0.331 e. The molecule has 15 heavy (non-hydrogen) atoms. The van der Waals surface area contributed by atoms with Gasteiger partial charge in [0.1, 0.15) is 0 Å². The third kappa shape index (κ3) is 2.05. The van der Waals surface area contributed by atoms with Crippen molar-refractivity contribution in [2.45, 2.75) is 0 Å². The van der Waals surface area contributed by atoms with Crippen molar-refractivity contribution < 1.29 is 4.79 Å². The zero-order valence-electron chi connectivity index (χ0n) is 7.95. The molecule has 5 N–H and O–H groups in total. The molecule has 1 heterocycles. The summed E-state index contributed by atoms with van der Waals surface area (Å²) in [4.78, 5) is 10.8. The van der Waals surface area contributed by atoms with Crippen LogP contribution in [0.1, 0.15) is 5.56 Å². The van der Waals surface area contributed by atoms with Gasteiger partial charge in [-0.25, -0.2) is 10.2 Å². The van der Waals surface area contributed by atoms with Gasteiger partial charge in [0, 0.05) is 5.69 Å². The van der Waals surface area contributed by atoms with E-state index in [9.17, 15) is 4.79 Å². The van der Waals surface area contributed by atoms with Crippen LogP contribution >= 0.6 is 0 Å². The summed E-state index contributed by atoms with van der Waals surface area (Å²) in [6.07, 6.45) is 0. The molecule has 0 radical (unpaired) electrons. The van der Waals surface area contributed by atoms with Gasteiger partial charge in [0.05, 0.1) is 12.3 Å². The first-order valence-electron chi connectivity index (χ1n) is 4.47. The number of nitrogen functional groups attached to an aromatic ring is 1. The summed E-state index contributed by atoms with van der Waals surface area (Å²) >= 11 is 0. The van der Waals surface area contributed by atoms with Gasteiger partial charge in [-0.2, -0.15) is 5.10 Å². The van der Waals surface area contributed by atoms with Crippen LogP contribution in [0.3, 0.4) is 0 Å². The number of anilines is 1.